The molecule has 210 valence electrons. The van der Waals surface area contributed by atoms with Gasteiger partial charge in [-0.3, -0.25) is 4.79 Å². The lowest BCUT2D eigenvalue weighted by atomic mass is 9.99. The highest BCUT2D eigenvalue weighted by molar-refractivity contribution is 6.24. The number of aliphatic hydroxyl groups excluding tert-OH is 1. The van der Waals surface area contributed by atoms with E-state index in [2.05, 4.69) is 58.4 Å². The maximum Gasteiger partial charge on any atom is 0.208 e. The monoisotopic (exact) mass is 532 g/mol. The molecule has 2 aromatic rings. The smallest absolute Gasteiger partial charge is 0.208 e. The second-order valence-corrected chi connectivity index (χ2v) is 9.51. The Labute approximate surface area is 233 Å². The van der Waals surface area contributed by atoms with Gasteiger partial charge >= 0.3 is 0 Å². The number of likely N-dealkylation sites (N-methyl/N-ethyl adjacent to an activating group) is 2. The van der Waals surface area contributed by atoms with Crippen molar-refractivity contribution in [2.75, 3.05) is 68.3 Å². The molecule has 8 nitrogen and oxygen atoms in total. The van der Waals surface area contributed by atoms with Crippen molar-refractivity contribution >= 4 is 34.2 Å². The van der Waals surface area contributed by atoms with Gasteiger partial charge in [-0.1, -0.05) is 27.7 Å². The van der Waals surface area contributed by atoms with Crippen LogP contribution in [-0.4, -0.2) is 78.8 Å². The predicted molar refractivity (Wildman–Crippen MR) is 165 cm³/mol. The first kappa shape index (κ1) is 29.9. The minimum Gasteiger partial charge on any atom is -0.505 e. The van der Waals surface area contributed by atoms with Crippen LogP contribution in [0.25, 0.3) is 0 Å². The molecule has 1 aliphatic rings. The van der Waals surface area contributed by atoms with Gasteiger partial charge in [-0.2, -0.15) is 0 Å². The summed E-state index contributed by atoms with van der Waals surface area (Å²) in [4.78, 5) is 22.2. The fraction of sp³-hybridized carbons (Fsp3) is 0.419. The van der Waals surface area contributed by atoms with Crippen molar-refractivity contribution in [3.05, 3.63) is 71.6 Å². The van der Waals surface area contributed by atoms with Crippen molar-refractivity contribution in [3.8, 4) is 0 Å². The number of benzene rings is 2. The Morgan fingerprint density at radius 2 is 1.21 bits per heavy atom. The highest BCUT2D eigenvalue weighted by Gasteiger charge is 2.24. The number of aliphatic imine (C=N–C) groups is 1. The number of allylic oxidation sites excluding steroid dienone is 2. The lowest BCUT2D eigenvalue weighted by Gasteiger charge is -2.19. The Hall–Kier alpha value is -3.62. The zero-order valence-electron chi connectivity index (χ0n) is 24.1. The molecule has 8 heteroatoms. The average Bonchev–Trinajstić information content (AvgIpc) is 2.96. The third-order valence-electron chi connectivity index (χ3n) is 7.05. The number of carbonyl (C=O) groups excluding carboxylic acids is 1. The van der Waals surface area contributed by atoms with E-state index in [0.717, 1.165) is 69.4 Å². The zero-order valence-corrected chi connectivity index (χ0v) is 24.1. The molecule has 4 N–H and O–H groups in total. The highest BCUT2D eigenvalue weighted by Crippen LogP contribution is 2.24. The molecule has 0 saturated carbocycles. The number of hydrogen-bond acceptors (Lipinski definition) is 8. The SMILES string of the molecule is CCN(CC)CCNc1ccc(/N=C2\C=C(Nc3ccc(NCCN(CC)CC)cc3)C(=O)C(C)=C2O)cc1. The maximum atomic E-state index is 12.9. The minimum atomic E-state index is -0.249. The molecule has 0 fully saturated rings. The van der Waals surface area contributed by atoms with Gasteiger partial charge in [0.15, 0.2) is 0 Å². The summed E-state index contributed by atoms with van der Waals surface area (Å²) in [6.07, 6.45) is 1.61. The Bertz CT molecular complexity index is 1160. The fourth-order valence-electron chi connectivity index (χ4n) is 4.37. The van der Waals surface area contributed by atoms with Crippen LogP contribution in [0.2, 0.25) is 0 Å². The Morgan fingerprint density at radius 1 is 0.744 bits per heavy atom. The van der Waals surface area contributed by atoms with Gasteiger partial charge < -0.3 is 30.9 Å². The molecule has 0 radical (unpaired) electrons. The lowest BCUT2D eigenvalue weighted by molar-refractivity contribution is -0.112. The first-order valence-corrected chi connectivity index (χ1v) is 14.0. The van der Waals surface area contributed by atoms with E-state index in [0.29, 0.717) is 17.1 Å². The molecule has 39 heavy (non-hydrogen) atoms. The van der Waals surface area contributed by atoms with Crippen molar-refractivity contribution in [1.29, 1.82) is 0 Å². The van der Waals surface area contributed by atoms with Crippen LogP contribution in [0.3, 0.4) is 0 Å². The number of nitrogens with zero attached hydrogens (tertiary/aromatic N) is 3. The first-order chi connectivity index (χ1) is 18.9. The van der Waals surface area contributed by atoms with Crippen molar-refractivity contribution in [2.45, 2.75) is 34.6 Å². The maximum absolute atomic E-state index is 12.9. The summed E-state index contributed by atoms with van der Waals surface area (Å²) in [6, 6.07) is 15.6. The topological polar surface area (TPSA) is 92.2 Å². The van der Waals surface area contributed by atoms with Crippen LogP contribution < -0.4 is 16.0 Å². The average molecular weight is 533 g/mol. The van der Waals surface area contributed by atoms with Gasteiger partial charge in [0.25, 0.3) is 0 Å². The fourth-order valence-corrected chi connectivity index (χ4v) is 4.37. The van der Waals surface area contributed by atoms with Crippen LogP contribution in [-0.2, 0) is 4.79 Å². The molecular weight excluding hydrogens is 488 g/mol. The number of carbonyl (C=O) groups is 1. The standard InChI is InChI=1S/C31H44N6O2/c1-6-36(7-2)20-18-32-24-10-14-26(15-11-24)34-28-22-29(31(39)23(5)30(28)38)35-27-16-12-25(13-17-27)33-19-21-37(8-3)9-4/h10-17,22,32-34,39H,6-9,18-21H2,1-5H3/b35-29+. The number of rotatable bonds is 15. The Balaban J connectivity index is 1.65. The quantitative estimate of drug-likeness (QED) is 0.219. The molecule has 0 aliphatic heterocycles. The highest BCUT2D eigenvalue weighted by atomic mass is 16.3. The van der Waals surface area contributed by atoms with Crippen LogP contribution in [0.5, 0.6) is 0 Å². The zero-order chi connectivity index (χ0) is 28.2. The van der Waals surface area contributed by atoms with Gasteiger partial charge in [0, 0.05) is 48.8 Å². The summed E-state index contributed by atoms with van der Waals surface area (Å²) in [5.74, 6) is -0.347. The first-order valence-electron chi connectivity index (χ1n) is 14.0. The molecule has 0 saturated heterocycles. The summed E-state index contributed by atoms with van der Waals surface area (Å²) < 4.78 is 0. The molecule has 3 rings (SSSR count). The number of nitrogens with one attached hydrogen (secondary N) is 3. The second kappa shape index (κ2) is 15.1. The molecule has 0 atom stereocenters. The molecule has 1 aliphatic carbocycles. The van der Waals surface area contributed by atoms with E-state index in [1.165, 1.54) is 0 Å². The normalized spacial score (nSPS) is 14.8. The van der Waals surface area contributed by atoms with Crippen LogP contribution in [0, 0.1) is 0 Å². The molecule has 0 unspecified atom stereocenters. The minimum absolute atomic E-state index is 0.0975. The van der Waals surface area contributed by atoms with Crippen LogP contribution in [0.1, 0.15) is 34.6 Å². The van der Waals surface area contributed by atoms with E-state index in [-0.39, 0.29) is 17.1 Å². The predicted octanol–water partition coefficient (Wildman–Crippen LogP) is 5.68. The van der Waals surface area contributed by atoms with Gasteiger partial charge in [0.1, 0.15) is 11.5 Å². The molecule has 0 bridgehead atoms. The van der Waals surface area contributed by atoms with E-state index < -0.39 is 0 Å². The molecule has 2 aromatic carbocycles. The van der Waals surface area contributed by atoms with Gasteiger partial charge in [0.2, 0.25) is 5.78 Å². The Kier molecular flexibility index (Phi) is 11.6. The molecule has 0 aromatic heterocycles. The number of ketones is 1. The van der Waals surface area contributed by atoms with E-state index >= 15 is 0 Å². The summed E-state index contributed by atoms with van der Waals surface area (Å²) >= 11 is 0. The lowest BCUT2D eigenvalue weighted by Crippen LogP contribution is -2.28. The third kappa shape index (κ3) is 8.70. The molecule has 0 spiro atoms. The molecule has 0 heterocycles. The number of aliphatic hydroxyl groups is 1. The van der Waals surface area contributed by atoms with Crippen molar-refractivity contribution in [3.63, 3.8) is 0 Å². The van der Waals surface area contributed by atoms with Gasteiger partial charge in [-0.15, -0.1) is 0 Å². The summed E-state index contributed by atoms with van der Waals surface area (Å²) in [5.41, 5.74) is 4.53. The Morgan fingerprint density at radius 3 is 1.69 bits per heavy atom. The van der Waals surface area contributed by atoms with E-state index in [1.54, 1.807) is 13.0 Å². The number of Topliss-reactive ketones (excluding diaryl/α,β-unsaturated/α-hetero) is 1. The van der Waals surface area contributed by atoms with Crippen molar-refractivity contribution in [2.24, 2.45) is 4.99 Å². The number of hydrogen-bond donors (Lipinski definition) is 4. The molecular formula is C31H44N6O2. The van der Waals surface area contributed by atoms with Gasteiger partial charge in [0.05, 0.1) is 11.4 Å². The largest absolute Gasteiger partial charge is 0.505 e. The van der Waals surface area contributed by atoms with E-state index in [1.807, 2.05) is 48.5 Å². The number of anilines is 3. The summed E-state index contributed by atoms with van der Waals surface area (Å²) in [5, 5.41) is 20.7. The van der Waals surface area contributed by atoms with Crippen molar-refractivity contribution in [1.82, 2.24) is 9.80 Å². The van der Waals surface area contributed by atoms with Gasteiger partial charge in [-0.05, 0) is 87.7 Å². The van der Waals surface area contributed by atoms with Crippen LogP contribution in [0.15, 0.2) is 76.6 Å². The van der Waals surface area contributed by atoms with Crippen molar-refractivity contribution < 1.29 is 9.90 Å². The van der Waals surface area contributed by atoms with Gasteiger partial charge in [-0.25, -0.2) is 4.99 Å². The van der Waals surface area contributed by atoms with E-state index in [9.17, 15) is 9.90 Å². The van der Waals surface area contributed by atoms with Crippen LogP contribution >= 0.6 is 0 Å². The summed E-state index contributed by atoms with van der Waals surface area (Å²) in [6.45, 7) is 18.2. The second-order valence-electron chi connectivity index (χ2n) is 9.51. The van der Waals surface area contributed by atoms with Crippen LogP contribution in [0.4, 0.5) is 22.7 Å². The van der Waals surface area contributed by atoms with E-state index in [4.69, 9.17) is 0 Å². The summed E-state index contributed by atoms with van der Waals surface area (Å²) in [7, 11) is 0. The third-order valence-corrected chi connectivity index (χ3v) is 7.05. The molecule has 0 amide bonds.